The minimum atomic E-state index is 0.660. The molecule has 4 rings (SSSR count). The summed E-state index contributed by atoms with van der Waals surface area (Å²) in [5, 5.41) is 6.80. The van der Waals surface area contributed by atoms with Gasteiger partial charge in [0.2, 0.25) is 0 Å². The highest BCUT2D eigenvalue weighted by Gasteiger charge is 2.29. The Morgan fingerprint density at radius 1 is 1.26 bits per heavy atom. The topological polar surface area (TPSA) is 46.8 Å². The number of hydrogen-bond donors (Lipinski definition) is 0. The van der Waals surface area contributed by atoms with Gasteiger partial charge in [0.1, 0.15) is 5.82 Å². The fourth-order valence-electron chi connectivity index (χ4n) is 2.60. The highest BCUT2D eigenvalue weighted by atomic mass is 32.1. The lowest BCUT2D eigenvalue weighted by molar-refractivity contribution is 0.268. The first-order chi connectivity index (χ1) is 9.38. The summed E-state index contributed by atoms with van der Waals surface area (Å²) in [4.78, 5) is 7.19. The summed E-state index contributed by atoms with van der Waals surface area (Å²) >= 11 is 1.53. The van der Waals surface area contributed by atoms with Crippen molar-refractivity contribution in [3.8, 4) is 0 Å². The van der Waals surface area contributed by atoms with Crippen LogP contribution in [0.1, 0.15) is 36.0 Å². The van der Waals surface area contributed by atoms with Crippen LogP contribution in [0, 0.1) is 0 Å². The molecule has 2 aromatic rings. The Bertz CT molecular complexity index is 532. The minimum Gasteiger partial charge on any atom is -0.297 e. The van der Waals surface area contributed by atoms with Gasteiger partial charge in [-0.15, -0.1) is 0 Å². The molecule has 5 nitrogen and oxygen atoms in total. The highest BCUT2D eigenvalue weighted by Crippen LogP contribution is 2.38. The Kier molecular flexibility index (Phi) is 2.85. The van der Waals surface area contributed by atoms with Gasteiger partial charge in [-0.3, -0.25) is 4.90 Å². The van der Waals surface area contributed by atoms with Crippen molar-refractivity contribution in [1.29, 1.82) is 0 Å². The molecule has 0 saturated heterocycles. The Morgan fingerprint density at radius 3 is 3.00 bits per heavy atom. The van der Waals surface area contributed by atoms with Crippen LogP contribution in [0.3, 0.4) is 0 Å². The zero-order valence-corrected chi connectivity index (χ0v) is 11.6. The molecule has 0 aromatic carbocycles. The minimum absolute atomic E-state index is 0.660. The lowest BCUT2D eigenvalue weighted by Crippen LogP contribution is -2.26. The molecular formula is C13H17N5S. The Hall–Kier alpha value is -1.27. The molecule has 0 amide bonds. The highest BCUT2D eigenvalue weighted by molar-refractivity contribution is 7.03. The summed E-state index contributed by atoms with van der Waals surface area (Å²) in [5.74, 6) is 2.92. The maximum Gasteiger partial charge on any atom is 0.154 e. The lowest BCUT2D eigenvalue weighted by atomic mass is 10.3. The average molecular weight is 275 g/mol. The van der Waals surface area contributed by atoms with E-state index >= 15 is 0 Å². The second kappa shape index (κ2) is 4.68. The van der Waals surface area contributed by atoms with Gasteiger partial charge in [0.05, 0.1) is 6.54 Å². The van der Waals surface area contributed by atoms with E-state index < -0.39 is 0 Å². The first kappa shape index (κ1) is 11.5. The van der Waals surface area contributed by atoms with Crippen molar-refractivity contribution in [3.63, 3.8) is 0 Å². The fourth-order valence-corrected chi connectivity index (χ4v) is 3.13. The second-order valence-corrected chi connectivity index (χ2v) is 6.10. The number of hydrogen-bond acceptors (Lipinski definition) is 5. The lowest BCUT2D eigenvalue weighted by Gasteiger charge is -2.18. The third kappa shape index (κ3) is 2.42. The van der Waals surface area contributed by atoms with Crippen LogP contribution in [-0.4, -0.2) is 37.1 Å². The average Bonchev–Trinajstić information content (AvgIpc) is 3.05. The Morgan fingerprint density at radius 2 is 2.21 bits per heavy atom. The molecular weight excluding hydrogens is 258 g/mol. The van der Waals surface area contributed by atoms with Gasteiger partial charge in [-0.05, 0) is 29.9 Å². The molecule has 100 valence electrons. The molecule has 0 unspecified atom stereocenters. The van der Waals surface area contributed by atoms with Crippen molar-refractivity contribution in [3.05, 3.63) is 28.8 Å². The van der Waals surface area contributed by atoms with Crippen molar-refractivity contribution in [1.82, 2.24) is 24.0 Å². The van der Waals surface area contributed by atoms with Crippen molar-refractivity contribution in [2.45, 2.75) is 38.3 Å². The van der Waals surface area contributed by atoms with E-state index in [2.05, 4.69) is 24.4 Å². The maximum absolute atomic E-state index is 4.72. The normalized spacial score (nSPS) is 20.2. The van der Waals surface area contributed by atoms with E-state index in [0.717, 1.165) is 38.4 Å². The standard InChI is InChI=1S/C13H17N5S/c1-2-11(1)13-15-12-3-4-17(5-6-18(12)16-13)8-10-7-14-19-9-10/h7,9,11H,1-6,8H2. The Labute approximate surface area is 116 Å². The summed E-state index contributed by atoms with van der Waals surface area (Å²) in [6.45, 7) is 4.08. The zero-order valence-electron chi connectivity index (χ0n) is 10.8. The molecule has 1 aliphatic heterocycles. The number of fused-ring (bicyclic) bond motifs is 1. The molecule has 0 bridgehead atoms. The van der Waals surface area contributed by atoms with E-state index in [1.54, 1.807) is 0 Å². The maximum atomic E-state index is 4.72. The second-order valence-electron chi connectivity index (χ2n) is 5.44. The summed E-state index contributed by atoms with van der Waals surface area (Å²) < 4.78 is 6.29. The van der Waals surface area contributed by atoms with E-state index in [1.165, 1.54) is 35.8 Å². The quantitative estimate of drug-likeness (QED) is 0.855. The van der Waals surface area contributed by atoms with Crippen LogP contribution in [0.15, 0.2) is 11.6 Å². The van der Waals surface area contributed by atoms with Crippen molar-refractivity contribution in [2.24, 2.45) is 0 Å². The third-order valence-corrected chi connectivity index (χ3v) is 4.51. The first-order valence-corrected chi connectivity index (χ1v) is 7.76. The molecule has 2 aliphatic rings. The van der Waals surface area contributed by atoms with Gasteiger partial charge in [0.25, 0.3) is 0 Å². The summed E-state index contributed by atoms with van der Waals surface area (Å²) in [6, 6.07) is 0. The van der Waals surface area contributed by atoms with Gasteiger partial charge in [-0.2, -0.15) is 5.10 Å². The van der Waals surface area contributed by atoms with E-state index in [-0.39, 0.29) is 0 Å². The molecule has 0 N–H and O–H groups in total. The summed E-state index contributed by atoms with van der Waals surface area (Å²) in [5.41, 5.74) is 1.32. The molecule has 0 radical (unpaired) electrons. The predicted octanol–water partition coefficient (Wildman–Crippen LogP) is 1.67. The van der Waals surface area contributed by atoms with Crippen LogP contribution in [0.5, 0.6) is 0 Å². The van der Waals surface area contributed by atoms with E-state index in [9.17, 15) is 0 Å². The predicted molar refractivity (Wildman–Crippen MR) is 73.1 cm³/mol. The van der Waals surface area contributed by atoms with E-state index in [0.29, 0.717) is 5.92 Å². The monoisotopic (exact) mass is 275 g/mol. The number of nitrogens with zero attached hydrogens (tertiary/aromatic N) is 5. The van der Waals surface area contributed by atoms with Gasteiger partial charge in [-0.25, -0.2) is 14.0 Å². The number of rotatable bonds is 3. The molecule has 1 saturated carbocycles. The van der Waals surface area contributed by atoms with Crippen molar-refractivity contribution < 1.29 is 0 Å². The van der Waals surface area contributed by atoms with Gasteiger partial charge < -0.3 is 0 Å². The third-order valence-electron chi connectivity index (χ3n) is 3.88. The van der Waals surface area contributed by atoms with Crippen molar-refractivity contribution in [2.75, 3.05) is 13.1 Å². The molecule has 3 heterocycles. The van der Waals surface area contributed by atoms with Gasteiger partial charge >= 0.3 is 0 Å². The summed E-state index contributed by atoms with van der Waals surface area (Å²) in [6.07, 6.45) is 5.54. The van der Waals surface area contributed by atoms with Crippen LogP contribution in [0.25, 0.3) is 0 Å². The van der Waals surface area contributed by atoms with Gasteiger partial charge in [0, 0.05) is 43.5 Å². The van der Waals surface area contributed by atoms with Gasteiger partial charge in [-0.1, -0.05) is 0 Å². The SMILES string of the molecule is c1nscc1CN1CCc2nc(C3CC3)nn2CC1. The molecule has 6 heteroatoms. The van der Waals surface area contributed by atoms with Crippen LogP contribution in [0.4, 0.5) is 0 Å². The van der Waals surface area contributed by atoms with Crippen LogP contribution in [-0.2, 0) is 19.5 Å². The fraction of sp³-hybridized carbons (Fsp3) is 0.615. The van der Waals surface area contributed by atoms with Crippen LogP contribution in [0.2, 0.25) is 0 Å². The van der Waals surface area contributed by atoms with E-state index in [4.69, 9.17) is 4.98 Å². The van der Waals surface area contributed by atoms with Crippen LogP contribution < -0.4 is 0 Å². The Balaban J connectivity index is 1.44. The largest absolute Gasteiger partial charge is 0.297 e. The van der Waals surface area contributed by atoms with Crippen LogP contribution >= 0.6 is 11.5 Å². The number of aromatic nitrogens is 4. The molecule has 1 fully saturated rings. The molecule has 0 spiro atoms. The van der Waals surface area contributed by atoms with E-state index in [1.807, 2.05) is 6.20 Å². The first-order valence-electron chi connectivity index (χ1n) is 6.93. The molecule has 1 aliphatic carbocycles. The smallest absolute Gasteiger partial charge is 0.154 e. The molecule has 2 aromatic heterocycles. The summed E-state index contributed by atoms with van der Waals surface area (Å²) in [7, 11) is 0. The molecule has 0 atom stereocenters. The van der Waals surface area contributed by atoms with Gasteiger partial charge in [0.15, 0.2) is 5.82 Å². The van der Waals surface area contributed by atoms with Crippen molar-refractivity contribution >= 4 is 11.5 Å². The zero-order chi connectivity index (χ0) is 12.7. The molecule has 19 heavy (non-hydrogen) atoms.